The second-order valence-electron chi connectivity index (χ2n) is 5.69. The molecule has 21 heavy (non-hydrogen) atoms. The molecule has 2 rings (SSSR count). The molecule has 2 atom stereocenters. The van der Waals surface area contributed by atoms with Crippen LogP contribution in [0.2, 0.25) is 0 Å². The maximum absolute atomic E-state index is 12.4. The standard InChI is InChI=1S/C17H23NO3/c1-3-11-6-5-7-12(4-2)15(11)18-16(19)13-8-9-14(10-13)17(20)21/h5-7,13-14H,3-4,8-10H2,1-2H3,(H,18,19)(H,20,21)/t13-,14+/m1/s1. The number of rotatable bonds is 5. The maximum atomic E-state index is 12.4. The molecule has 0 bridgehead atoms. The average molecular weight is 289 g/mol. The summed E-state index contributed by atoms with van der Waals surface area (Å²) >= 11 is 0. The molecule has 4 nitrogen and oxygen atoms in total. The molecule has 1 aromatic rings. The summed E-state index contributed by atoms with van der Waals surface area (Å²) in [6.07, 6.45) is 3.46. The van der Waals surface area contributed by atoms with E-state index in [0.29, 0.717) is 19.3 Å². The molecule has 1 fully saturated rings. The van der Waals surface area contributed by atoms with E-state index in [0.717, 1.165) is 29.7 Å². The van der Waals surface area contributed by atoms with Crippen LogP contribution in [0, 0.1) is 11.8 Å². The van der Waals surface area contributed by atoms with Gasteiger partial charge in [0.1, 0.15) is 0 Å². The van der Waals surface area contributed by atoms with Crippen LogP contribution in [0.5, 0.6) is 0 Å². The fraction of sp³-hybridized carbons (Fsp3) is 0.529. The second-order valence-corrected chi connectivity index (χ2v) is 5.69. The normalized spacial score (nSPS) is 21.2. The van der Waals surface area contributed by atoms with E-state index in [4.69, 9.17) is 5.11 Å². The summed E-state index contributed by atoms with van der Waals surface area (Å²) in [5.74, 6) is -1.36. The first-order valence-corrected chi connectivity index (χ1v) is 7.71. The zero-order valence-electron chi connectivity index (χ0n) is 12.7. The Labute approximate surface area is 125 Å². The molecule has 0 saturated heterocycles. The smallest absolute Gasteiger partial charge is 0.306 e. The Kier molecular flexibility index (Phi) is 4.99. The lowest BCUT2D eigenvalue weighted by Gasteiger charge is -2.17. The van der Waals surface area contributed by atoms with Crippen molar-refractivity contribution in [2.75, 3.05) is 5.32 Å². The van der Waals surface area contributed by atoms with E-state index in [1.807, 2.05) is 18.2 Å². The molecule has 0 unspecified atom stereocenters. The van der Waals surface area contributed by atoms with Gasteiger partial charge in [-0.15, -0.1) is 0 Å². The molecule has 0 heterocycles. The zero-order valence-corrected chi connectivity index (χ0v) is 12.7. The molecule has 1 aliphatic rings. The van der Waals surface area contributed by atoms with E-state index < -0.39 is 5.97 Å². The molecule has 1 amide bonds. The van der Waals surface area contributed by atoms with Crippen LogP contribution in [0.15, 0.2) is 18.2 Å². The number of carbonyl (C=O) groups is 2. The van der Waals surface area contributed by atoms with Gasteiger partial charge in [0.15, 0.2) is 0 Å². The quantitative estimate of drug-likeness (QED) is 0.874. The van der Waals surface area contributed by atoms with E-state index >= 15 is 0 Å². The first kappa shape index (κ1) is 15.5. The number of carbonyl (C=O) groups excluding carboxylic acids is 1. The van der Waals surface area contributed by atoms with Crippen molar-refractivity contribution in [1.82, 2.24) is 0 Å². The number of carboxylic acids is 1. The Bertz CT molecular complexity index is 517. The molecule has 0 spiro atoms. The van der Waals surface area contributed by atoms with Crippen LogP contribution < -0.4 is 5.32 Å². The molecule has 4 heteroatoms. The first-order valence-electron chi connectivity index (χ1n) is 7.71. The minimum Gasteiger partial charge on any atom is -0.481 e. The number of aliphatic carboxylic acids is 1. The summed E-state index contributed by atoms with van der Waals surface area (Å²) in [5, 5.41) is 12.1. The van der Waals surface area contributed by atoms with E-state index in [9.17, 15) is 9.59 Å². The van der Waals surface area contributed by atoms with Crippen LogP contribution in [0.4, 0.5) is 5.69 Å². The number of carboxylic acid groups (broad SMARTS) is 1. The monoisotopic (exact) mass is 289 g/mol. The van der Waals surface area contributed by atoms with Crippen LogP contribution in [0.25, 0.3) is 0 Å². The Hall–Kier alpha value is -1.84. The summed E-state index contributed by atoms with van der Waals surface area (Å²) in [7, 11) is 0. The maximum Gasteiger partial charge on any atom is 0.306 e. The fourth-order valence-corrected chi connectivity index (χ4v) is 3.07. The van der Waals surface area contributed by atoms with E-state index in [1.165, 1.54) is 0 Å². The van der Waals surface area contributed by atoms with Crippen molar-refractivity contribution in [3.8, 4) is 0 Å². The van der Waals surface area contributed by atoms with E-state index in [1.54, 1.807) is 0 Å². The number of hydrogen-bond donors (Lipinski definition) is 2. The summed E-state index contributed by atoms with van der Waals surface area (Å²) in [6, 6.07) is 6.08. The largest absolute Gasteiger partial charge is 0.481 e. The highest BCUT2D eigenvalue weighted by Gasteiger charge is 2.34. The lowest BCUT2D eigenvalue weighted by atomic mass is 10.0. The Morgan fingerprint density at radius 3 is 2.19 bits per heavy atom. The van der Waals surface area contributed by atoms with Crippen molar-refractivity contribution in [2.45, 2.75) is 46.0 Å². The number of hydrogen-bond acceptors (Lipinski definition) is 2. The number of aryl methyl sites for hydroxylation is 2. The molecule has 2 N–H and O–H groups in total. The van der Waals surface area contributed by atoms with Crippen LogP contribution in [-0.4, -0.2) is 17.0 Å². The second kappa shape index (κ2) is 6.74. The molecule has 0 aromatic heterocycles. The molecular formula is C17H23NO3. The zero-order chi connectivity index (χ0) is 15.4. The highest BCUT2D eigenvalue weighted by atomic mass is 16.4. The predicted molar refractivity (Wildman–Crippen MR) is 82.3 cm³/mol. The Balaban J connectivity index is 2.12. The Morgan fingerprint density at radius 2 is 1.71 bits per heavy atom. The summed E-state index contributed by atoms with van der Waals surface area (Å²) in [6.45, 7) is 4.14. The number of amides is 1. The van der Waals surface area contributed by atoms with Gasteiger partial charge in [0, 0.05) is 11.6 Å². The molecule has 1 aliphatic carbocycles. The van der Waals surface area contributed by atoms with Crippen molar-refractivity contribution < 1.29 is 14.7 Å². The lowest BCUT2D eigenvalue weighted by molar-refractivity contribution is -0.141. The number of benzene rings is 1. The van der Waals surface area contributed by atoms with Crippen molar-refractivity contribution in [3.63, 3.8) is 0 Å². The number of nitrogens with one attached hydrogen (secondary N) is 1. The third kappa shape index (κ3) is 3.43. The lowest BCUT2D eigenvalue weighted by Crippen LogP contribution is -2.23. The summed E-state index contributed by atoms with van der Waals surface area (Å²) in [5.41, 5.74) is 3.19. The topological polar surface area (TPSA) is 66.4 Å². The summed E-state index contributed by atoms with van der Waals surface area (Å²) in [4.78, 5) is 23.4. The van der Waals surface area contributed by atoms with Crippen molar-refractivity contribution in [3.05, 3.63) is 29.3 Å². The van der Waals surface area contributed by atoms with Gasteiger partial charge in [0.05, 0.1) is 5.92 Å². The molecule has 114 valence electrons. The van der Waals surface area contributed by atoms with Gasteiger partial charge in [-0.25, -0.2) is 0 Å². The minimum absolute atomic E-state index is 0.0330. The van der Waals surface area contributed by atoms with E-state index in [-0.39, 0.29) is 17.7 Å². The van der Waals surface area contributed by atoms with E-state index in [2.05, 4.69) is 19.2 Å². The highest BCUT2D eigenvalue weighted by Crippen LogP contribution is 2.33. The Morgan fingerprint density at radius 1 is 1.14 bits per heavy atom. The van der Waals surface area contributed by atoms with Gasteiger partial charge in [-0.2, -0.15) is 0 Å². The first-order chi connectivity index (χ1) is 10.1. The van der Waals surface area contributed by atoms with Gasteiger partial charge in [0.25, 0.3) is 0 Å². The molecule has 0 aliphatic heterocycles. The van der Waals surface area contributed by atoms with Crippen LogP contribution >= 0.6 is 0 Å². The van der Waals surface area contributed by atoms with Crippen molar-refractivity contribution >= 4 is 17.6 Å². The van der Waals surface area contributed by atoms with Gasteiger partial charge in [-0.3, -0.25) is 9.59 Å². The van der Waals surface area contributed by atoms with Gasteiger partial charge >= 0.3 is 5.97 Å². The number of anilines is 1. The average Bonchev–Trinajstić information content (AvgIpc) is 2.97. The van der Waals surface area contributed by atoms with Crippen LogP contribution in [-0.2, 0) is 22.4 Å². The molecule has 1 saturated carbocycles. The fourth-order valence-electron chi connectivity index (χ4n) is 3.07. The summed E-state index contributed by atoms with van der Waals surface area (Å²) < 4.78 is 0. The predicted octanol–water partition coefficient (Wildman–Crippen LogP) is 3.25. The van der Waals surface area contributed by atoms with Crippen molar-refractivity contribution in [1.29, 1.82) is 0 Å². The van der Waals surface area contributed by atoms with Crippen molar-refractivity contribution in [2.24, 2.45) is 11.8 Å². The van der Waals surface area contributed by atoms with Crippen LogP contribution in [0.1, 0.15) is 44.2 Å². The number of para-hydroxylation sites is 1. The van der Waals surface area contributed by atoms with Gasteiger partial charge in [0.2, 0.25) is 5.91 Å². The van der Waals surface area contributed by atoms with Crippen LogP contribution in [0.3, 0.4) is 0 Å². The molecule has 0 radical (unpaired) electrons. The molecule has 1 aromatic carbocycles. The van der Waals surface area contributed by atoms with Gasteiger partial charge < -0.3 is 10.4 Å². The SMILES string of the molecule is CCc1cccc(CC)c1NC(=O)[C@@H]1CC[C@H](C(=O)O)C1. The minimum atomic E-state index is -0.784. The third-order valence-corrected chi connectivity index (χ3v) is 4.40. The third-order valence-electron chi connectivity index (χ3n) is 4.40. The highest BCUT2D eigenvalue weighted by molar-refractivity contribution is 5.94. The van der Waals surface area contributed by atoms with Gasteiger partial charge in [-0.05, 0) is 43.2 Å². The molecular weight excluding hydrogens is 266 g/mol. The van der Waals surface area contributed by atoms with Gasteiger partial charge in [-0.1, -0.05) is 32.0 Å².